The number of rotatable bonds is 9. The molecule has 2 fully saturated rings. The van der Waals surface area contributed by atoms with E-state index in [2.05, 4.69) is 0 Å². The number of carboxylic acid groups (broad SMARTS) is 1. The Balaban J connectivity index is 2.44. The first-order valence-corrected chi connectivity index (χ1v) is 17.0. The number of esters is 4. The lowest BCUT2D eigenvalue weighted by Gasteiger charge is -2.38. The first-order valence-electron chi connectivity index (χ1n) is 17.0. The highest BCUT2D eigenvalue weighted by atomic mass is 16.6. The van der Waals surface area contributed by atoms with Crippen LogP contribution in [0, 0.1) is 5.92 Å². The summed E-state index contributed by atoms with van der Waals surface area (Å²) in [6, 6.07) is -0.593. The van der Waals surface area contributed by atoms with Gasteiger partial charge in [0.1, 0.15) is 22.9 Å². The number of aliphatic carboxylic acids is 1. The molecule has 0 aromatic heterocycles. The van der Waals surface area contributed by atoms with E-state index >= 15 is 0 Å². The molecule has 0 aromatic rings. The van der Waals surface area contributed by atoms with E-state index in [4.69, 9.17) is 18.9 Å². The average molecular weight is 685 g/mol. The molecule has 0 amide bonds. The molecule has 0 spiro atoms. The third-order valence-corrected chi connectivity index (χ3v) is 7.80. The molecular weight excluding hydrogens is 624 g/mol. The molecule has 14 nitrogen and oxygen atoms in total. The van der Waals surface area contributed by atoms with Crippen molar-refractivity contribution in [1.29, 1.82) is 0 Å². The fraction of sp³-hybridized carbons (Fsp3) is 0.853. The van der Waals surface area contributed by atoms with E-state index < -0.39 is 58.7 Å². The van der Waals surface area contributed by atoms with Crippen molar-refractivity contribution >= 4 is 29.8 Å². The van der Waals surface area contributed by atoms with Gasteiger partial charge in [0.05, 0.1) is 31.6 Å². The molecule has 1 heterocycles. The molecule has 0 aromatic carbocycles. The van der Waals surface area contributed by atoms with Gasteiger partial charge in [-0.15, -0.1) is 0 Å². The third-order valence-electron chi connectivity index (χ3n) is 7.80. The molecule has 0 bridgehead atoms. The van der Waals surface area contributed by atoms with Gasteiger partial charge in [-0.25, -0.2) is 0 Å². The minimum Gasteiger partial charge on any atom is -0.481 e. The smallest absolute Gasteiger partial charge is 0.320 e. The Morgan fingerprint density at radius 3 is 1.21 bits per heavy atom. The van der Waals surface area contributed by atoms with Gasteiger partial charge in [-0.2, -0.15) is 0 Å². The summed E-state index contributed by atoms with van der Waals surface area (Å²) in [5, 5.41) is 10.2. The molecule has 276 valence electrons. The van der Waals surface area contributed by atoms with Crippen molar-refractivity contribution in [2.24, 2.45) is 5.92 Å². The maximum absolute atomic E-state index is 13.0. The third kappa shape index (κ3) is 16.1. The van der Waals surface area contributed by atoms with Gasteiger partial charge in [-0.05, 0) is 75.2 Å². The minimum absolute atomic E-state index is 0.00342. The highest BCUT2D eigenvalue weighted by molar-refractivity contribution is 5.73. The Bertz CT molecular complexity index is 1060. The summed E-state index contributed by atoms with van der Waals surface area (Å²) in [7, 11) is 0. The van der Waals surface area contributed by atoms with Gasteiger partial charge < -0.3 is 24.1 Å². The molecule has 1 saturated carbocycles. The molecule has 48 heavy (non-hydrogen) atoms. The molecule has 1 saturated heterocycles. The number of carbonyl (C=O) groups is 5. The molecule has 14 heteroatoms. The predicted octanol–water partition coefficient (Wildman–Crippen LogP) is 2.03. The van der Waals surface area contributed by atoms with Crippen molar-refractivity contribution in [2.75, 3.05) is 72.0 Å². The highest BCUT2D eigenvalue weighted by Crippen LogP contribution is 2.33. The van der Waals surface area contributed by atoms with Crippen molar-refractivity contribution in [3.05, 3.63) is 0 Å². The normalized spacial score (nSPS) is 23.4. The summed E-state index contributed by atoms with van der Waals surface area (Å²) in [6.07, 6.45) is 0.164. The molecule has 2 rings (SSSR count). The first-order chi connectivity index (χ1) is 22.0. The number of nitrogens with zero attached hydrogens (tertiary/aromatic N) is 4. The lowest BCUT2D eigenvalue weighted by molar-refractivity contribution is -0.159. The summed E-state index contributed by atoms with van der Waals surface area (Å²) in [6.45, 7) is 20.7. The Hall–Kier alpha value is -2.81. The molecule has 3 atom stereocenters. The summed E-state index contributed by atoms with van der Waals surface area (Å²) in [5.74, 6) is -3.37. The van der Waals surface area contributed by atoms with Crippen LogP contribution in [0.25, 0.3) is 0 Å². The van der Waals surface area contributed by atoms with Gasteiger partial charge in [-0.1, -0.05) is 0 Å². The molecule has 0 radical (unpaired) electrons. The molecular formula is C34H60N4O10. The van der Waals surface area contributed by atoms with E-state index in [1.54, 1.807) is 41.5 Å². The van der Waals surface area contributed by atoms with Crippen LogP contribution in [0.4, 0.5) is 0 Å². The van der Waals surface area contributed by atoms with Crippen molar-refractivity contribution in [3.8, 4) is 0 Å². The quantitative estimate of drug-likeness (QED) is 0.278. The number of ether oxygens (including phenoxy) is 4. The summed E-state index contributed by atoms with van der Waals surface area (Å²) in [4.78, 5) is 71.1. The molecule has 1 aliphatic carbocycles. The standard InChI is InChI=1S/C34H60N4O10/c1-24(39)45-26-12-11-25(31(43)44)30(26)38-19-17-36(22-28(41)47-33(5,6)7)15-13-35(21-27(40)46-32(2,3)4)14-16-37(18-20-38)23-29(42)48-34(8,9)10/h25-26,30H,11-23H2,1-10H3,(H,43,44)/t25-,26-,30-/m0/s1. The van der Waals surface area contributed by atoms with E-state index in [-0.39, 0.29) is 25.6 Å². The van der Waals surface area contributed by atoms with Gasteiger partial charge in [0.2, 0.25) is 0 Å². The van der Waals surface area contributed by atoms with Gasteiger partial charge >= 0.3 is 29.8 Å². The Morgan fingerprint density at radius 2 is 0.917 bits per heavy atom. The van der Waals surface area contributed by atoms with Crippen molar-refractivity contribution in [3.63, 3.8) is 0 Å². The summed E-state index contributed by atoms with van der Waals surface area (Å²) < 4.78 is 22.5. The zero-order valence-corrected chi connectivity index (χ0v) is 30.8. The number of hydrogen-bond acceptors (Lipinski definition) is 13. The minimum atomic E-state index is -0.963. The average Bonchev–Trinajstić information content (AvgIpc) is 3.28. The highest BCUT2D eigenvalue weighted by Gasteiger charge is 2.45. The van der Waals surface area contributed by atoms with Crippen LogP contribution in [-0.2, 0) is 42.9 Å². The van der Waals surface area contributed by atoms with Crippen molar-refractivity contribution < 1.29 is 48.0 Å². The maximum Gasteiger partial charge on any atom is 0.320 e. The zero-order valence-electron chi connectivity index (χ0n) is 30.8. The van der Waals surface area contributed by atoms with Gasteiger partial charge in [-0.3, -0.25) is 43.6 Å². The monoisotopic (exact) mass is 684 g/mol. The molecule has 1 aliphatic heterocycles. The van der Waals surface area contributed by atoms with Gasteiger partial charge in [0.15, 0.2) is 0 Å². The Labute approximate surface area is 286 Å². The van der Waals surface area contributed by atoms with Crippen molar-refractivity contribution in [1.82, 2.24) is 19.6 Å². The lowest BCUT2D eigenvalue weighted by atomic mass is 10.0. The number of carboxylic acids is 1. The molecule has 1 N–H and O–H groups in total. The summed E-state index contributed by atoms with van der Waals surface area (Å²) in [5.41, 5.74) is -2.01. The first kappa shape index (κ1) is 41.4. The van der Waals surface area contributed by atoms with E-state index in [1.165, 1.54) is 6.92 Å². The van der Waals surface area contributed by atoms with E-state index in [0.717, 1.165) is 0 Å². The SMILES string of the molecule is CC(=O)O[C@H]1CC[C@H](C(=O)O)[C@@H]1N1CCN(CC(=O)OC(C)(C)C)CCN(CC(=O)OC(C)(C)C)CCN(CC(=O)OC(C)(C)C)CC1. The fourth-order valence-corrected chi connectivity index (χ4v) is 6.04. The van der Waals surface area contributed by atoms with Crippen LogP contribution in [0.15, 0.2) is 0 Å². The lowest BCUT2D eigenvalue weighted by Crippen LogP contribution is -2.54. The predicted molar refractivity (Wildman–Crippen MR) is 178 cm³/mol. The topological polar surface area (TPSA) is 155 Å². The van der Waals surface area contributed by atoms with Gasteiger partial charge in [0.25, 0.3) is 0 Å². The van der Waals surface area contributed by atoms with Crippen LogP contribution in [0.1, 0.15) is 82.1 Å². The second-order valence-corrected chi connectivity index (χ2v) is 15.8. The molecule has 0 unspecified atom stereocenters. The molecule has 2 aliphatic rings. The fourth-order valence-electron chi connectivity index (χ4n) is 6.04. The van der Waals surface area contributed by atoms with E-state index in [0.29, 0.717) is 65.2 Å². The largest absolute Gasteiger partial charge is 0.481 e. The summed E-state index contributed by atoms with van der Waals surface area (Å²) >= 11 is 0. The Kier molecular flexibility index (Phi) is 15.3. The van der Waals surface area contributed by atoms with Crippen LogP contribution in [0.3, 0.4) is 0 Å². The van der Waals surface area contributed by atoms with Crippen LogP contribution in [-0.4, -0.2) is 155 Å². The van der Waals surface area contributed by atoms with E-state index in [1.807, 2.05) is 40.4 Å². The van der Waals surface area contributed by atoms with Crippen LogP contribution in [0.2, 0.25) is 0 Å². The van der Waals surface area contributed by atoms with E-state index in [9.17, 15) is 29.1 Å². The second kappa shape index (κ2) is 17.7. The van der Waals surface area contributed by atoms with Gasteiger partial charge in [0, 0.05) is 59.3 Å². The number of carbonyl (C=O) groups excluding carboxylic acids is 4. The zero-order chi connectivity index (χ0) is 36.4. The number of hydrogen-bond donors (Lipinski definition) is 1. The van der Waals surface area contributed by atoms with Crippen LogP contribution < -0.4 is 0 Å². The maximum atomic E-state index is 13.0. The van der Waals surface area contributed by atoms with Crippen LogP contribution in [0.5, 0.6) is 0 Å². The second-order valence-electron chi connectivity index (χ2n) is 15.8. The van der Waals surface area contributed by atoms with Crippen molar-refractivity contribution in [2.45, 2.75) is 111 Å². The van der Waals surface area contributed by atoms with Crippen LogP contribution >= 0.6 is 0 Å². The Morgan fingerprint density at radius 1 is 0.583 bits per heavy atom.